The number of nitrogens with zero attached hydrogens (tertiary/aromatic N) is 3. The molecule has 32 heavy (non-hydrogen) atoms. The first-order chi connectivity index (χ1) is 15.4. The van der Waals surface area contributed by atoms with Crippen LogP contribution in [-0.2, 0) is 24.3 Å². The van der Waals surface area contributed by atoms with E-state index in [9.17, 15) is 4.79 Å². The molecule has 0 saturated carbocycles. The van der Waals surface area contributed by atoms with Crippen molar-refractivity contribution >= 4 is 5.91 Å². The minimum Gasteiger partial charge on any atom is -0.464 e. The normalized spacial score (nSPS) is 11.0. The lowest BCUT2D eigenvalue weighted by atomic mass is 10.1. The maximum atomic E-state index is 13.4. The molecule has 0 saturated heterocycles. The third kappa shape index (κ3) is 6.83. The van der Waals surface area contributed by atoms with E-state index in [0.29, 0.717) is 31.7 Å². The molecule has 1 heterocycles. The Morgan fingerprint density at radius 2 is 1.69 bits per heavy atom. The Hall–Kier alpha value is -3.36. The van der Waals surface area contributed by atoms with E-state index in [1.807, 2.05) is 66.4 Å². The van der Waals surface area contributed by atoms with Gasteiger partial charge in [-0.05, 0) is 62.6 Å². The zero-order valence-electron chi connectivity index (χ0n) is 19.1. The minimum atomic E-state index is 0.0809. The Morgan fingerprint density at radius 1 is 0.969 bits per heavy atom. The molecular formula is C27H31N3O2. The number of amides is 1. The van der Waals surface area contributed by atoms with Crippen LogP contribution in [0.1, 0.15) is 42.1 Å². The average Bonchev–Trinajstić information content (AvgIpc) is 3.21. The first-order valence-electron chi connectivity index (χ1n) is 11.0. The van der Waals surface area contributed by atoms with Crippen molar-refractivity contribution in [2.75, 3.05) is 13.1 Å². The molecule has 0 bridgehead atoms. The standard InChI is InChI=1S/C27H31N3O2/c1-21(2)30(18-25-12-10-24(17-28)11-13-25)20-27(31)29(19-26-14-9-22(3)32-26)16-15-23-7-5-4-6-8-23/h4-14,21H,15-16,18-20H2,1-3H3. The van der Waals surface area contributed by atoms with Crippen molar-refractivity contribution in [1.29, 1.82) is 5.26 Å². The number of carbonyl (C=O) groups is 1. The molecule has 0 unspecified atom stereocenters. The molecule has 3 rings (SSSR count). The maximum Gasteiger partial charge on any atom is 0.237 e. The molecule has 0 atom stereocenters. The third-order valence-electron chi connectivity index (χ3n) is 5.55. The second-order valence-corrected chi connectivity index (χ2v) is 8.37. The summed E-state index contributed by atoms with van der Waals surface area (Å²) in [5.74, 6) is 1.73. The van der Waals surface area contributed by atoms with Gasteiger partial charge in [-0.1, -0.05) is 42.5 Å². The number of hydrogen-bond acceptors (Lipinski definition) is 4. The highest BCUT2D eigenvalue weighted by molar-refractivity contribution is 5.78. The number of nitriles is 1. The van der Waals surface area contributed by atoms with Crippen LogP contribution in [-0.4, -0.2) is 34.8 Å². The van der Waals surface area contributed by atoms with E-state index in [4.69, 9.17) is 9.68 Å². The summed E-state index contributed by atoms with van der Waals surface area (Å²) in [5.41, 5.74) is 2.93. The van der Waals surface area contributed by atoms with Crippen LogP contribution in [0.25, 0.3) is 0 Å². The molecule has 0 aliphatic carbocycles. The molecule has 166 valence electrons. The van der Waals surface area contributed by atoms with E-state index in [1.165, 1.54) is 5.56 Å². The van der Waals surface area contributed by atoms with Gasteiger partial charge in [0, 0.05) is 19.1 Å². The summed E-state index contributed by atoms with van der Waals surface area (Å²) in [6.45, 7) is 8.18. The van der Waals surface area contributed by atoms with Crippen LogP contribution in [0, 0.1) is 18.3 Å². The van der Waals surface area contributed by atoms with Crippen molar-refractivity contribution in [2.45, 2.75) is 46.3 Å². The largest absolute Gasteiger partial charge is 0.464 e. The molecule has 1 amide bonds. The van der Waals surface area contributed by atoms with Crippen molar-refractivity contribution in [2.24, 2.45) is 0 Å². The van der Waals surface area contributed by atoms with Gasteiger partial charge in [0.1, 0.15) is 11.5 Å². The van der Waals surface area contributed by atoms with Gasteiger partial charge in [-0.2, -0.15) is 5.26 Å². The number of carbonyl (C=O) groups excluding carboxylic acids is 1. The Bertz CT molecular complexity index is 1030. The predicted octanol–water partition coefficient (Wildman–Crippen LogP) is 4.94. The topological polar surface area (TPSA) is 60.5 Å². The highest BCUT2D eigenvalue weighted by Crippen LogP contribution is 2.14. The molecule has 0 N–H and O–H groups in total. The first kappa shape index (κ1) is 23.3. The van der Waals surface area contributed by atoms with Crippen LogP contribution in [0.4, 0.5) is 0 Å². The number of aryl methyl sites for hydroxylation is 1. The molecule has 0 fully saturated rings. The zero-order valence-corrected chi connectivity index (χ0v) is 19.1. The molecule has 5 heteroatoms. The van der Waals surface area contributed by atoms with Crippen LogP contribution in [0.5, 0.6) is 0 Å². The van der Waals surface area contributed by atoms with Gasteiger partial charge in [0.25, 0.3) is 0 Å². The maximum absolute atomic E-state index is 13.4. The van der Waals surface area contributed by atoms with Gasteiger partial charge in [-0.3, -0.25) is 9.69 Å². The first-order valence-corrected chi connectivity index (χ1v) is 11.0. The van der Waals surface area contributed by atoms with Crippen molar-refractivity contribution in [3.63, 3.8) is 0 Å². The molecule has 0 aliphatic rings. The van der Waals surface area contributed by atoms with E-state index in [-0.39, 0.29) is 11.9 Å². The molecular weight excluding hydrogens is 398 g/mol. The van der Waals surface area contributed by atoms with Crippen LogP contribution in [0.2, 0.25) is 0 Å². The zero-order chi connectivity index (χ0) is 22.9. The highest BCUT2D eigenvalue weighted by atomic mass is 16.3. The van der Waals surface area contributed by atoms with Crippen molar-refractivity contribution < 1.29 is 9.21 Å². The van der Waals surface area contributed by atoms with Crippen molar-refractivity contribution in [1.82, 2.24) is 9.80 Å². The quantitative estimate of drug-likeness (QED) is 0.458. The van der Waals surface area contributed by atoms with Crippen LogP contribution < -0.4 is 0 Å². The number of furan rings is 1. The molecule has 3 aromatic rings. The molecule has 2 aromatic carbocycles. The van der Waals surface area contributed by atoms with Gasteiger partial charge in [0.05, 0.1) is 24.7 Å². The van der Waals surface area contributed by atoms with E-state index in [0.717, 1.165) is 23.5 Å². The van der Waals surface area contributed by atoms with E-state index >= 15 is 0 Å². The number of benzene rings is 2. The summed E-state index contributed by atoms with van der Waals surface area (Å²) in [4.78, 5) is 17.4. The summed E-state index contributed by atoms with van der Waals surface area (Å²) < 4.78 is 5.75. The fraction of sp³-hybridized carbons (Fsp3) is 0.333. The lowest BCUT2D eigenvalue weighted by Gasteiger charge is -2.30. The van der Waals surface area contributed by atoms with Gasteiger partial charge >= 0.3 is 0 Å². The third-order valence-corrected chi connectivity index (χ3v) is 5.55. The fourth-order valence-electron chi connectivity index (χ4n) is 3.57. The van der Waals surface area contributed by atoms with Crippen LogP contribution in [0.15, 0.2) is 71.1 Å². The SMILES string of the molecule is Cc1ccc(CN(CCc2ccccc2)C(=O)CN(Cc2ccc(C#N)cc2)C(C)C)o1. The fourth-order valence-corrected chi connectivity index (χ4v) is 3.57. The van der Waals surface area contributed by atoms with E-state index in [1.54, 1.807) is 0 Å². The Kier molecular flexibility index (Phi) is 8.24. The summed E-state index contributed by atoms with van der Waals surface area (Å²) >= 11 is 0. The van der Waals surface area contributed by atoms with Crippen LogP contribution >= 0.6 is 0 Å². The smallest absolute Gasteiger partial charge is 0.237 e. The van der Waals surface area contributed by atoms with Gasteiger partial charge in [-0.15, -0.1) is 0 Å². The van der Waals surface area contributed by atoms with Gasteiger partial charge < -0.3 is 9.32 Å². The Morgan fingerprint density at radius 3 is 2.28 bits per heavy atom. The molecule has 0 aliphatic heterocycles. The lowest BCUT2D eigenvalue weighted by molar-refractivity contribution is -0.134. The second-order valence-electron chi connectivity index (χ2n) is 8.37. The summed E-state index contributed by atoms with van der Waals surface area (Å²) in [6, 6.07) is 24.0. The molecule has 1 aromatic heterocycles. The number of hydrogen-bond donors (Lipinski definition) is 0. The van der Waals surface area contributed by atoms with Gasteiger partial charge in [0.15, 0.2) is 0 Å². The predicted molar refractivity (Wildman–Crippen MR) is 126 cm³/mol. The molecule has 5 nitrogen and oxygen atoms in total. The molecule has 0 spiro atoms. The minimum absolute atomic E-state index is 0.0809. The van der Waals surface area contributed by atoms with Crippen LogP contribution in [0.3, 0.4) is 0 Å². The van der Waals surface area contributed by atoms with Gasteiger partial charge in [0.2, 0.25) is 5.91 Å². The Labute approximate surface area is 190 Å². The second kappa shape index (κ2) is 11.3. The average molecular weight is 430 g/mol. The summed E-state index contributed by atoms with van der Waals surface area (Å²) in [6.07, 6.45) is 0.795. The Balaban J connectivity index is 1.70. The molecule has 0 radical (unpaired) electrons. The van der Waals surface area contributed by atoms with Gasteiger partial charge in [-0.25, -0.2) is 0 Å². The van der Waals surface area contributed by atoms with E-state index in [2.05, 4.69) is 36.9 Å². The number of rotatable bonds is 10. The monoisotopic (exact) mass is 429 g/mol. The highest BCUT2D eigenvalue weighted by Gasteiger charge is 2.21. The van der Waals surface area contributed by atoms with Crippen molar-refractivity contribution in [3.05, 3.63) is 94.9 Å². The van der Waals surface area contributed by atoms with E-state index < -0.39 is 0 Å². The van der Waals surface area contributed by atoms with Crippen molar-refractivity contribution in [3.8, 4) is 6.07 Å². The summed E-state index contributed by atoms with van der Waals surface area (Å²) in [7, 11) is 0. The lowest BCUT2D eigenvalue weighted by Crippen LogP contribution is -2.43. The summed E-state index contributed by atoms with van der Waals surface area (Å²) in [5, 5.41) is 9.02.